The third kappa shape index (κ3) is 4.73. The summed E-state index contributed by atoms with van der Waals surface area (Å²) in [4.78, 5) is 5.22. The highest BCUT2D eigenvalue weighted by Gasteiger charge is 2.31. The number of piperidine rings is 1. The number of nitrogens with one attached hydrogen (secondary N) is 1. The Bertz CT molecular complexity index is 259. The summed E-state index contributed by atoms with van der Waals surface area (Å²) in [5.74, 6) is 0. The molecule has 0 aromatic rings. The molecule has 0 saturated carbocycles. The van der Waals surface area contributed by atoms with Gasteiger partial charge in [-0.3, -0.25) is 0 Å². The van der Waals surface area contributed by atoms with Gasteiger partial charge in [0.25, 0.3) is 0 Å². The van der Waals surface area contributed by atoms with Crippen molar-refractivity contribution in [1.82, 2.24) is 15.1 Å². The SMILES string of the molecule is CCC1CCN(CC2(C)CCN(C)CC2)CCCN1. The topological polar surface area (TPSA) is 18.5 Å². The molecule has 0 aliphatic carbocycles. The first-order valence-corrected chi connectivity index (χ1v) is 8.25. The standard InChI is InChI=1S/C16H33N3/c1-4-15-6-11-19(10-5-9-17-15)14-16(2)7-12-18(3)13-8-16/h15,17H,4-14H2,1-3H3. The first-order chi connectivity index (χ1) is 9.11. The van der Waals surface area contributed by atoms with E-state index in [0.717, 1.165) is 6.04 Å². The minimum atomic E-state index is 0.556. The predicted octanol–water partition coefficient (Wildman–Crippen LogP) is 2.18. The number of hydrogen-bond donors (Lipinski definition) is 1. The second-order valence-corrected chi connectivity index (χ2v) is 7.09. The lowest BCUT2D eigenvalue weighted by Gasteiger charge is -2.42. The second-order valence-electron chi connectivity index (χ2n) is 7.09. The summed E-state index contributed by atoms with van der Waals surface area (Å²) in [5, 5.41) is 3.68. The van der Waals surface area contributed by atoms with Crippen molar-refractivity contribution in [2.75, 3.05) is 46.3 Å². The van der Waals surface area contributed by atoms with Crippen LogP contribution in [0.5, 0.6) is 0 Å². The van der Waals surface area contributed by atoms with E-state index in [1.165, 1.54) is 71.4 Å². The molecular weight excluding hydrogens is 234 g/mol. The monoisotopic (exact) mass is 267 g/mol. The Balaban J connectivity index is 1.83. The minimum Gasteiger partial charge on any atom is -0.314 e. The molecule has 2 aliphatic rings. The van der Waals surface area contributed by atoms with Crippen LogP contribution in [0.4, 0.5) is 0 Å². The quantitative estimate of drug-likeness (QED) is 0.845. The average Bonchev–Trinajstić information content (AvgIpc) is 2.38. The largest absolute Gasteiger partial charge is 0.314 e. The van der Waals surface area contributed by atoms with Crippen LogP contribution in [0.2, 0.25) is 0 Å². The third-order valence-corrected chi connectivity index (χ3v) is 5.17. The molecule has 2 aliphatic heterocycles. The highest BCUT2D eigenvalue weighted by Crippen LogP contribution is 2.31. The van der Waals surface area contributed by atoms with Gasteiger partial charge in [-0.25, -0.2) is 0 Å². The van der Waals surface area contributed by atoms with Crippen molar-refractivity contribution in [3.8, 4) is 0 Å². The van der Waals surface area contributed by atoms with E-state index >= 15 is 0 Å². The lowest BCUT2D eigenvalue weighted by atomic mass is 9.80. The van der Waals surface area contributed by atoms with Gasteiger partial charge in [0, 0.05) is 12.6 Å². The molecule has 0 aromatic carbocycles. The van der Waals surface area contributed by atoms with Gasteiger partial charge in [-0.2, -0.15) is 0 Å². The van der Waals surface area contributed by atoms with Crippen LogP contribution in [-0.2, 0) is 0 Å². The molecule has 2 fully saturated rings. The molecule has 2 rings (SSSR count). The molecule has 1 unspecified atom stereocenters. The van der Waals surface area contributed by atoms with Gasteiger partial charge in [0.1, 0.15) is 0 Å². The van der Waals surface area contributed by atoms with Crippen molar-refractivity contribution in [3.05, 3.63) is 0 Å². The van der Waals surface area contributed by atoms with Crippen molar-refractivity contribution >= 4 is 0 Å². The Labute approximate surface area is 119 Å². The van der Waals surface area contributed by atoms with Crippen LogP contribution in [0.15, 0.2) is 0 Å². The Hall–Kier alpha value is -0.120. The summed E-state index contributed by atoms with van der Waals surface area (Å²) in [6, 6.07) is 0.744. The maximum absolute atomic E-state index is 3.68. The Morgan fingerprint density at radius 1 is 1.16 bits per heavy atom. The molecule has 0 spiro atoms. The summed E-state index contributed by atoms with van der Waals surface area (Å²) < 4.78 is 0. The molecule has 0 bridgehead atoms. The number of rotatable bonds is 3. The highest BCUT2D eigenvalue weighted by molar-refractivity contribution is 4.85. The second kappa shape index (κ2) is 7.05. The minimum absolute atomic E-state index is 0.556. The maximum Gasteiger partial charge on any atom is 0.00766 e. The van der Waals surface area contributed by atoms with Crippen LogP contribution >= 0.6 is 0 Å². The van der Waals surface area contributed by atoms with E-state index in [0.29, 0.717) is 5.41 Å². The molecular formula is C16H33N3. The zero-order valence-corrected chi connectivity index (χ0v) is 13.2. The van der Waals surface area contributed by atoms with Gasteiger partial charge in [-0.15, -0.1) is 0 Å². The van der Waals surface area contributed by atoms with Gasteiger partial charge in [0.15, 0.2) is 0 Å². The molecule has 3 heteroatoms. The van der Waals surface area contributed by atoms with Crippen LogP contribution < -0.4 is 5.32 Å². The summed E-state index contributed by atoms with van der Waals surface area (Å²) in [7, 11) is 2.26. The van der Waals surface area contributed by atoms with Crippen molar-refractivity contribution in [3.63, 3.8) is 0 Å². The maximum atomic E-state index is 3.68. The molecule has 0 aromatic heterocycles. The first-order valence-electron chi connectivity index (χ1n) is 8.25. The lowest BCUT2D eigenvalue weighted by molar-refractivity contribution is 0.0807. The Kier molecular flexibility index (Phi) is 5.67. The lowest BCUT2D eigenvalue weighted by Crippen LogP contribution is -2.46. The smallest absolute Gasteiger partial charge is 0.00766 e. The molecule has 1 atom stereocenters. The fourth-order valence-corrected chi connectivity index (χ4v) is 3.52. The van der Waals surface area contributed by atoms with Gasteiger partial charge in [0.05, 0.1) is 0 Å². The zero-order chi connectivity index (χ0) is 13.7. The van der Waals surface area contributed by atoms with Gasteiger partial charge in [0.2, 0.25) is 0 Å². The van der Waals surface area contributed by atoms with E-state index < -0.39 is 0 Å². The Morgan fingerprint density at radius 2 is 1.89 bits per heavy atom. The molecule has 19 heavy (non-hydrogen) atoms. The zero-order valence-electron chi connectivity index (χ0n) is 13.2. The number of likely N-dealkylation sites (tertiary alicyclic amines) is 1. The van der Waals surface area contributed by atoms with Crippen molar-refractivity contribution in [2.45, 2.75) is 52.0 Å². The van der Waals surface area contributed by atoms with E-state index in [1.54, 1.807) is 0 Å². The van der Waals surface area contributed by atoms with Gasteiger partial charge >= 0.3 is 0 Å². The van der Waals surface area contributed by atoms with Gasteiger partial charge in [-0.1, -0.05) is 13.8 Å². The third-order valence-electron chi connectivity index (χ3n) is 5.17. The van der Waals surface area contributed by atoms with Crippen LogP contribution in [0.1, 0.15) is 46.0 Å². The average molecular weight is 267 g/mol. The van der Waals surface area contributed by atoms with E-state index in [4.69, 9.17) is 0 Å². The molecule has 3 nitrogen and oxygen atoms in total. The summed E-state index contributed by atoms with van der Waals surface area (Å²) in [6.07, 6.45) is 6.65. The summed E-state index contributed by atoms with van der Waals surface area (Å²) >= 11 is 0. The molecule has 1 N–H and O–H groups in total. The highest BCUT2D eigenvalue weighted by atomic mass is 15.2. The van der Waals surface area contributed by atoms with Crippen LogP contribution in [-0.4, -0.2) is 62.2 Å². The molecule has 0 amide bonds. The molecule has 0 radical (unpaired) electrons. The van der Waals surface area contributed by atoms with E-state index in [9.17, 15) is 0 Å². The van der Waals surface area contributed by atoms with E-state index in [2.05, 4.69) is 36.0 Å². The first kappa shape index (κ1) is 15.3. The normalized spacial score (nSPS) is 30.8. The molecule has 2 heterocycles. The van der Waals surface area contributed by atoms with Crippen molar-refractivity contribution in [2.24, 2.45) is 5.41 Å². The summed E-state index contributed by atoms with van der Waals surface area (Å²) in [6.45, 7) is 12.5. The number of hydrogen-bond acceptors (Lipinski definition) is 3. The van der Waals surface area contributed by atoms with E-state index in [-0.39, 0.29) is 0 Å². The van der Waals surface area contributed by atoms with Crippen LogP contribution in [0, 0.1) is 5.41 Å². The van der Waals surface area contributed by atoms with Crippen molar-refractivity contribution in [1.29, 1.82) is 0 Å². The Morgan fingerprint density at radius 3 is 2.58 bits per heavy atom. The summed E-state index contributed by atoms with van der Waals surface area (Å²) in [5.41, 5.74) is 0.556. The van der Waals surface area contributed by atoms with Crippen molar-refractivity contribution < 1.29 is 0 Å². The molecule has 112 valence electrons. The van der Waals surface area contributed by atoms with E-state index in [1.807, 2.05) is 0 Å². The van der Waals surface area contributed by atoms with Gasteiger partial charge < -0.3 is 15.1 Å². The van der Waals surface area contributed by atoms with Crippen LogP contribution in [0.3, 0.4) is 0 Å². The number of nitrogens with zero attached hydrogens (tertiary/aromatic N) is 2. The fourth-order valence-electron chi connectivity index (χ4n) is 3.52. The predicted molar refractivity (Wildman–Crippen MR) is 82.6 cm³/mol. The fraction of sp³-hybridized carbons (Fsp3) is 1.00. The molecule has 2 saturated heterocycles. The van der Waals surface area contributed by atoms with Crippen LogP contribution in [0.25, 0.3) is 0 Å². The van der Waals surface area contributed by atoms with Gasteiger partial charge in [-0.05, 0) is 77.3 Å².